The molecular weight excluding hydrogens is 412 g/mol. The van der Waals surface area contributed by atoms with E-state index in [1.807, 2.05) is 39.0 Å². The molecule has 0 bridgehead atoms. The zero-order valence-corrected chi connectivity index (χ0v) is 18.8. The van der Waals surface area contributed by atoms with E-state index in [9.17, 15) is 9.59 Å². The van der Waals surface area contributed by atoms with Crippen molar-refractivity contribution in [2.45, 2.75) is 38.8 Å². The number of anilines is 1. The van der Waals surface area contributed by atoms with Crippen molar-refractivity contribution in [2.24, 2.45) is 0 Å². The summed E-state index contributed by atoms with van der Waals surface area (Å²) >= 11 is 1.09. The zero-order chi connectivity index (χ0) is 22.4. The molecule has 0 aliphatic rings. The first-order chi connectivity index (χ1) is 14.9. The summed E-state index contributed by atoms with van der Waals surface area (Å²) in [7, 11) is 1.58. The normalized spacial score (nSPS) is 12.1. The van der Waals surface area contributed by atoms with Crippen molar-refractivity contribution in [3.8, 4) is 5.75 Å². The number of nitrogens with zero attached hydrogens (tertiary/aromatic N) is 3. The van der Waals surface area contributed by atoms with E-state index in [1.165, 1.54) is 4.90 Å². The summed E-state index contributed by atoms with van der Waals surface area (Å²) in [5.74, 6) is -0.0132. The minimum Gasteiger partial charge on any atom is -0.497 e. The number of hydrogen-bond acceptors (Lipinski definition) is 6. The summed E-state index contributed by atoms with van der Waals surface area (Å²) in [4.78, 5) is 28.6. The summed E-state index contributed by atoms with van der Waals surface area (Å²) in [6, 6.07) is 15.3. The molecule has 8 heteroatoms. The molecule has 0 spiro atoms. The van der Waals surface area contributed by atoms with Gasteiger partial charge in [0.2, 0.25) is 5.91 Å². The third-order valence-electron chi connectivity index (χ3n) is 5.12. The SMILES string of the molecule is CCC(C)(C)NC(=O)[C@@H](c1ccc(OC)cc1)N(C(=O)c1csnn1)c1ccccc1. The zero-order valence-electron chi connectivity index (χ0n) is 18.0. The van der Waals surface area contributed by atoms with E-state index < -0.39 is 17.5 Å². The lowest BCUT2D eigenvalue weighted by Gasteiger charge is -2.34. The van der Waals surface area contributed by atoms with Crippen molar-refractivity contribution >= 4 is 29.0 Å². The van der Waals surface area contributed by atoms with E-state index in [0.717, 1.165) is 18.0 Å². The second kappa shape index (κ2) is 9.70. The molecule has 3 aromatic rings. The first kappa shape index (κ1) is 22.4. The molecule has 0 saturated carbocycles. The van der Waals surface area contributed by atoms with Crippen molar-refractivity contribution in [2.75, 3.05) is 12.0 Å². The number of carbonyl (C=O) groups excluding carboxylic acids is 2. The number of ether oxygens (including phenoxy) is 1. The van der Waals surface area contributed by atoms with Crippen LogP contribution in [0.25, 0.3) is 0 Å². The van der Waals surface area contributed by atoms with Gasteiger partial charge in [0, 0.05) is 16.6 Å². The number of para-hydroxylation sites is 1. The highest BCUT2D eigenvalue weighted by atomic mass is 32.1. The van der Waals surface area contributed by atoms with Crippen LogP contribution in [0.2, 0.25) is 0 Å². The molecule has 1 aromatic heterocycles. The maximum atomic E-state index is 13.6. The van der Waals surface area contributed by atoms with Crippen LogP contribution in [0.3, 0.4) is 0 Å². The monoisotopic (exact) mass is 438 g/mol. The Kier molecular flexibility index (Phi) is 7.02. The Morgan fingerprint density at radius 1 is 1.13 bits per heavy atom. The molecule has 3 rings (SSSR count). The Hall–Kier alpha value is -3.26. The fourth-order valence-corrected chi connectivity index (χ4v) is 3.48. The molecule has 2 amide bonds. The average molecular weight is 439 g/mol. The van der Waals surface area contributed by atoms with Crippen LogP contribution >= 0.6 is 11.5 Å². The van der Waals surface area contributed by atoms with Gasteiger partial charge in [-0.3, -0.25) is 14.5 Å². The summed E-state index contributed by atoms with van der Waals surface area (Å²) in [5, 5.41) is 8.61. The van der Waals surface area contributed by atoms with E-state index in [2.05, 4.69) is 14.9 Å². The molecule has 1 N–H and O–H groups in total. The van der Waals surface area contributed by atoms with Crippen LogP contribution in [0.5, 0.6) is 5.75 Å². The van der Waals surface area contributed by atoms with Gasteiger partial charge in [-0.05, 0) is 61.6 Å². The Labute approximate surface area is 186 Å². The van der Waals surface area contributed by atoms with Gasteiger partial charge in [-0.25, -0.2) is 0 Å². The van der Waals surface area contributed by atoms with E-state index in [4.69, 9.17) is 4.74 Å². The largest absolute Gasteiger partial charge is 0.497 e. The highest BCUT2D eigenvalue weighted by Gasteiger charge is 2.36. The average Bonchev–Trinajstić information content (AvgIpc) is 3.32. The fraction of sp³-hybridized carbons (Fsp3) is 0.304. The molecule has 0 fully saturated rings. The van der Waals surface area contributed by atoms with Crippen LogP contribution in [0.15, 0.2) is 60.0 Å². The summed E-state index contributed by atoms with van der Waals surface area (Å²) in [5.41, 5.74) is 1.00. The van der Waals surface area contributed by atoms with Gasteiger partial charge >= 0.3 is 0 Å². The molecule has 1 atom stereocenters. The van der Waals surface area contributed by atoms with E-state index in [1.54, 1.807) is 48.9 Å². The number of hydrogen-bond donors (Lipinski definition) is 1. The van der Waals surface area contributed by atoms with Gasteiger partial charge in [0.15, 0.2) is 5.69 Å². The van der Waals surface area contributed by atoms with Gasteiger partial charge in [-0.1, -0.05) is 41.7 Å². The van der Waals surface area contributed by atoms with E-state index in [-0.39, 0.29) is 11.6 Å². The molecule has 0 saturated heterocycles. The molecular formula is C23H26N4O3S. The van der Waals surface area contributed by atoms with Crippen molar-refractivity contribution in [1.29, 1.82) is 0 Å². The van der Waals surface area contributed by atoms with Gasteiger partial charge < -0.3 is 10.1 Å². The number of carbonyl (C=O) groups is 2. The van der Waals surface area contributed by atoms with Crippen molar-refractivity contribution in [1.82, 2.24) is 14.9 Å². The first-order valence-electron chi connectivity index (χ1n) is 9.98. The van der Waals surface area contributed by atoms with Crippen molar-refractivity contribution in [3.63, 3.8) is 0 Å². The Balaban J connectivity index is 2.14. The lowest BCUT2D eigenvalue weighted by Crippen LogP contribution is -2.50. The third-order valence-corrected chi connectivity index (χ3v) is 5.62. The predicted molar refractivity (Wildman–Crippen MR) is 121 cm³/mol. The summed E-state index contributed by atoms with van der Waals surface area (Å²) < 4.78 is 9.08. The molecule has 162 valence electrons. The van der Waals surface area contributed by atoms with Gasteiger partial charge in [0.05, 0.1) is 7.11 Å². The first-order valence-corrected chi connectivity index (χ1v) is 10.8. The fourth-order valence-electron chi connectivity index (χ4n) is 3.05. The van der Waals surface area contributed by atoms with Gasteiger partial charge in [-0.15, -0.1) is 5.10 Å². The quantitative estimate of drug-likeness (QED) is 0.569. The van der Waals surface area contributed by atoms with E-state index in [0.29, 0.717) is 17.0 Å². The van der Waals surface area contributed by atoms with Crippen molar-refractivity contribution in [3.05, 3.63) is 71.2 Å². The maximum Gasteiger partial charge on any atom is 0.280 e. The van der Waals surface area contributed by atoms with Crippen LogP contribution in [-0.2, 0) is 4.79 Å². The second-order valence-corrected chi connectivity index (χ2v) is 8.31. The smallest absolute Gasteiger partial charge is 0.280 e. The standard InChI is InChI=1S/C23H26N4O3S/c1-5-23(2,3)24-21(28)20(16-11-13-18(30-4)14-12-16)27(17-9-7-6-8-10-17)22(29)19-15-31-26-25-19/h6-15,20H,5H2,1-4H3,(H,24,28)/t20-/m1/s1. The number of aromatic nitrogens is 2. The number of benzene rings is 2. The molecule has 1 heterocycles. The van der Waals surface area contributed by atoms with E-state index >= 15 is 0 Å². The lowest BCUT2D eigenvalue weighted by atomic mass is 9.98. The number of amides is 2. The van der Waals surface area contributed by atoms with Crippen LogP contribution in [0, 0.1) is 0 Å². The summed E-state index contributed by atoms with van der Waals surface area (Å²) in [6.45, 7) is 5.91. The minimum atomic E-state index is -0.909. The Morgan fingerprint density at radius 3 is 2.35 bits per heavy atom. The van der Waals surface area contributed by atoms with Crippen LogP contribution < -0.4 is 15.0 Å². The van der Waals surface area contributed by atoms with Crippen LogP contribution in [-0.4, -0.2) is 34.1 Å². The molecule has 0 radical (unpaired) electrons. The van der Waals surface area contributed by atoms with Gasteiger partial charge in [-0.2, -0.15) is 0 Å². The minimum absolute atomic E-state index is 0.190. The number of rotatable bonds is 8. The van der Waals surface area contributed by atoms with Gasteiger partial charge in [0.25, 0.3) is 5.91 Å². The topological polar surface area (TPSA) is 84.4 Å². The maximum absolute atomic E-state index is 13.6. The van der Waals surface area contributed by atoms with Crippen molar-refractivity contribution < 1.29 is 14.3 Å². The molecule has 2 aromatic carbocycles. The number of methoxy groups -OCH3 is 1. The molecule has 0 aliphatic heterocycles. The molecule has 0 aliphatic carbocycles. The Bertz CT molecular complexity index is 1010. The summed E-state index contributed by atoms with van der Waals surface area (Å²) in [6.07, 6.45) is 0.739. The highest BCUT2D eigenvalue weighted by molar-refractivity contribution is 7.03. The molecule has 7 nitrogen and oxygen atoms in total. The third kappa shape index (κ3) is 5.27. The molecule has 31 heavy (non-hydrogen) atoms. The highest BCUT2D eigenvalue weighted by Crippen LogP contribution is 2.31. The number of nitrogens with one attached hydrogen (secondary N) is 1. The second-order valence-electron chi connectivity index (χ2n) is 7.70. The molecule has 0 unspecified atom stereocenters. The predicted octanol–water partition coefficient (Wildman–Crippen LogP) is 4.24. The van der Waals surface area contributed by atoms with Crippen LogP contribution in [0.4, 0.5) is 5.69 Å². The van der Waals surface area contributed by atoms with Crippen LogP contribution in [0.1, 0.15) is 49.3 Å². The van der Waals surface area contributed by atoms with Gasteiger partial charge in [0.1, 0.15) is 11.8 Å². The lowest BCUT2D eigenvalue weighted by molar-refractivity contribution is -0.124. The Morgan fingerprint density at radius 2 is 1.81 bits per heavy atom.